The molecule has 0 bridgehead atoms. The lowest BCUT2D eigenvalue weighted by Gasteiger charge is -2.11. The van der Waals surface area contributed by atoms with E-state index in [4.69, 9.17) is 9.47 Å². The number of hydrogen-bond donors (Lipinski definition) is 1. The molecule has 1 heterocycles. The van der Waals surface area contributed by atoms with Gasteiger partial charge in [-0.15, -0.1) is 0 Å². The summed E-state index contributed by atoms with van der Waals surface area (Å²) in [5.74, 6) is 1.68. The highest BCUT2D eigenvalue weighted by Gasteiger charge is 2.17. The molecule has 0 aliphatic heterocycles. The Morgan fingerprint density at radius 3 is 2.20 bits per heavy atom. The number of ether oxygens (including phenoxy) is 2. The summed E-state index contributed by atoms with van der Waals surface area (Å²) < 4.78 is 13.0. The van der Waals surface area contributed by atoms with Gasteiger partial charge in [-0.1, -0.05) is 12.1 Å². The topological polar surface area (TPSA) is 42.6 Å². The van der Waals surface area contributed by atoms with Crippen LogP contribution in [0.25, 0.3) is 32.4 Å². The molecule has 25 heavy (non-hydrogen) atoms. The summed E-state index contributed by atoms with van der Waals surface area (Å²) in [6, 6.07) is 13.6. The third-order valence-corrected chi connectivity index (χ3v) is 4.51. The summed E-state index contributed by atoms with van der Waals surface area (Å²) in [7, 11) is 5.30. The maximum atomic E-state index is 9.90. The van der Waals surface area contributed by atoms with Gasteiger partial charge in [-0.3, -0.25) is 0 Å². The molecular formula is C20H18ClNO3. The Morgan fingerprint density at radius 2 is 1.48 bits per heavy atom. The van der Waals surface area contributed by atoms with Gasteiger partial charge in [-0.25, -0.2) is 0 Å². The van der Waals surface area contributed by atoms with Gasteiger partial charge >= 0.3 is 0 Å². The Morgan fingerprint density at radius 1 is 0.800 bits per heavy atom. The fourth-order valence-electron chi connectivity index (χ4n) is 3.40. The summed E-state index contributed by atoms with van der Waals surface area (Å²) in [5.41, 5.74) is 1.07. The molecule has 4 aromatic rings. The number of aromatic nitrogens is 1. The summed E-state index contributed by atoms with van der Waals surface area (Å²) in [6.45, 7) is 0. The minimum absolute atomic E-state index is 0. The largest absolute Gasteiger partial charge is 1.00 e. The molecule has 4 rings (SSSR count). The predicted molar refractivity (Wildman–Crippen MR) is 94.9 cm³/mol. The van der Waals surface area contributed by atoms with Gasteiger partial charge in [-0.2, -0.15) is 4.57 Å². The number of fused-ring (bicyclic) bond motifs is 5. The molecule has 0 atom stereocenters. The molecule has 0 radical (unpaired) electrons. The molecule has 3 aromatic carbocycles. The second-order valence-corrected chi connectivity index (χ2v) is 5.90. The minimum atomic E-state index is 0. The number of methoxy groups -OCH3 is 2. The Balaban J connectivity index is 0.00000182. The molecule has 0 unspecified atom stereocenters. The van der Waals surface area contributed by atoms with Gasteiger partial charge in [0.1, 0.15) is 12.8 Å². The highest BCUT2D eigenvalue weighted by Crippen LogP contribution is 2.36. The molecule has 0 saturated carbocycles. The molecule has 4 nitrogen and oxygen atoms in total. The maximum absolute atomic E-state index is 9.90. The van der Waals surface area contributed by atoms with Crippen LogP contribution in [0.2, 0.25) is 0 Å². The average molecular weight is 356 g/mol. The van der Waals surface area contributed by atoms with Crippen LogP contribution >= 0.6 is 0 Å². The number of benzene rings is 3. The van der Waals surface area contributed by atoms with Crippen LogP contribution < -0.4 is 26.4 Å². The predicted octanol–water partition coefficient (Wildman–Crippen LogP) is 0.697. The first-order valence-electron chi connectivity index (χ1n) is 7.72. The van der Waals surface area contributed by atoms with Crippen LogP contribution in [-0.2, 0) is 7.05 Å². The van der Waals surface area contributed by atoms with Gasteiger partial charge in [0.25, 0.3) is 0 Å². The SMILES string of the molecule is COc1cc2c[n+](C)c3c4cc(O)ccc4ccc3c2cc1OC.[Cl-]. The Kier molecular flexibility index (Phi) is 4.31. The van der Waals surface area contributed by atoms with Gasteiger partial charge in [-0.05, 0) is 35.7 Å². The maximum Gasteiger partial charge on any atom is 0.220 e. The summed E-state index contributed by atoms with van der Waals surface area (Å²) in [4.78, 5) is 0. The Labute approximate surface area is 151 Å². The first-order valence-corrected chi connectivity index (χ1v) is 7.72. The van der Waals surface area contributed by atoms with E-state index in [0.29, 0.717) is 11.5 Å². The number of aryl methyl sites for hydroxylation is 1. The van der Waals surface area contributed by atoms with Gasteiger partial charge in [0.15, 0.2) is 17.7 Å². The van der Waals surface area contributed by atoms with Crippen LogP contribution in [-0.4, -0.2) is 19.3 Å². The van der Waals surface area contributed by atoms with Crippen molar-refractivity contribution >= 4 is 32.4 Å². The minimum Gasteiger partial charge on any atom is -1.00 e. The summed E-state index contributed by atoms with van der Waals surface area (Å²) in [6.07, 6.45) is 2.07. The number of aromatic hydroxyl groups is 1. The molecule has 0 fully saturated rings. The quantitative estimate of drug-likeness (QED) is 0.425. The molecular weight excluding hydrogens is 338 g/mol. The molecule has 0 amide bonds. The number of nitrogens with zero attached hydrogens (tertiary/aromatic N) is 1. The van der Waals surface area contributed by atoms with Crippen molar-refractivity contribution in [1.29, 1.82) is 0 Å². The van der Waals surface area contributed by atoms with Crippen molar-refractivity contribution in [3.05, 3.63) is 48.7 Å². The zero-order valence-electron chi connectivity index (χ0n) is 14.2. The van der Waals surface area contributed by atoms with Crippen molar-refractivity contribution in [2.45, 2.75) is 0 Å². The van der Waals surface area contributed by atoms with E-state index in [0.717, 1.165) is 32.4 Å². The molecule has 0 aliphatic rings. The van der Waals surface area contributed by atoms with Crippen LogP contribution in [0.1, 0.15) is 0 Å². The van der Waals surface area contributed by atoms with Crippen LogP contribution in [0.3, 0.4) is 0 Å². The van der Waals surface area contributed by atoms with Crippen LogP contribution in [0, 0.1) is 0 Å². The van der Waals surface area contributed by atoms with Crippen molar-refractivity contribution in [2.75, 3.05) is 14.2 Å². The Hall–Kier alpha value is -2.72. The second kappa shape index (κ2) is 6.30. The van der Waals surface area contributed by atoms with Gasteiger partial charge < -0.3 is 27.0 Å². The van der Waals surface area contributed by atoms with Crippen molar-refractivity contribution in [3.8, 4) is 17.2 Å². The first kappa shape index (κ1) is 17.1. The fourth-order valence-corrected chi connectivity index (χ4v) is 3.40. The summed E-state index contributed by atoms with van der Waals surface area (Å²) in [5, 5.41) is 15.3. The van der Waals surface area contributed by atoms with E-state index < -0.39 is 0 Å². The van der Waals surface area contributed by atoms with Gasteiger partial charge in [0.2, 0.25) is 5.52 Å². The lowest BCUT2D eigenvalue weighted by atomic mass is 10.0. The van der Waals surface area contributed by atoms with E-state index in [9.17, 15) is 5.11 Å². The lowest BCUT2D eigenvalue weighted by molar-refractivity contribution is -0.642. The van der Waals surface area contributed by atoms with Gasteiger partial charge in [0.05, 0.1) is 30.4 Å². The highest BCUT2D eigenvalue weighted by molar-refractivity contribution is 6.14. The zero-order chi connectivity index (χ0) is 16.8. The number of rotatable bonds is 2. The number of hydrogen-bond acceptors (Lipinski definition) is 3. The first-order chi connectivity index (χ1) is 11.6. The molecule has 1 aromatic heterocycles. The average Bonchev–Trinajstić information content (AvgIpc) is 2.60. The molecule has 0 spiro atoms. The smallest absolute Gasteiger partial charge is 0.220 e. The number of halogens is 1. The number of pyridine rings is 1. The zero-order valence-corrected chi connectivity index (χ0v) is 15.0. The molecule has 128 valence electrons. The lowest BCUT2D eigenvalue weighted by Crippen LogP contribution is -3.00. The van der Waals surface area contributed by atoms with Crippen molar-refractivity contribution < 1.29 is 31.6 Å². The van der Waals surface area contributed by atoms with E-state index in [1.54, 1.807) is 20.3 Å². The standard InChI is InChI=1S/C20H17NO3.ClH/c1-21-11-13-8-18(23-2)19(24-3)10-16(13)15-7-5-12-4-6-14(22)9-17(12)20(15)21;/h4-11H,1-3H3;1H. The molecule has 0 aliphatic carbocycles. The van der Waals surface area contributed by atoms with E-state index >= 15 is 0 Å². The molecule has 5 heteroatoms. The summed E-state index contributed by atoms with van der Waals surface area (Å²) >= 11 is 0. The van der Waals surface area contributed by atoms with E-state index in [2.05, 4.69) is 22.9 Å². The van der Waals surface area contributed by atoms with Crippen LogP contribution in [0.5, 0.6) is 17.2 Å². The second-order valence-electron chi connectivity index (χ2n) is 5.90. The number of phenols is 1. The molecule has 0 saturated heterocycles. The Bertz CT molecular complexity index is 1110. The van der Waals surface area contributed by atoms with Crippen molar-refractivity contribution in [2.24, 2.45) is 7.05 Å². The fraction of sp³-hybridized carbons (Fsp3) is 0.150. The highest BCUT2D eigenvalue weighted by atomic mass is 35.5. The van der Waals surface area contributed by atoms with E-state index in [1.165, 1.54) is 0 Å². The third-order valence-electron chi connectivity index (χ3n) is 4.51. The molecule has 1 N–H and O–H groups in total. The van der Waals surface area contributed by atoms with E-state index in [1.807, 2.05) is 31.3 Å². The van der Waals surface area contributed by atoms with E-state index in [-0.39, 0.29) is 18.2 Å². The van der Waals surface area contributed by atoms with Crippen LogP contribution in [0.4, 0.5) is 0 Å². The van der Waals surface area contributed by atoms with Gasteiger partial charge in [0, 0.05) is 5.39 Å². The van der Waals surface area contributed by atoms with Crippen molar-refractivity contribution in [3.63, 3.8) is 0 Å². The third kappa shape index (κ3) is 2.59. The van der Waals surface area contributed by atoms with Crippen LogP contribution in [0.15, 0.2) is 48.7 Å². The van der Waals surface area contributed by atoms with Crippen molar-refractivity contribution in [1.82, 2.24) is 0 Å². The normalized spacial score (nSPS) is 10.8. The number of phenolic OH excluding ortho intramolecular Hbond substituents is 1. The monoisotopic (exact) mass is 355 g/mol.